The van der Waals surface area contributed by atoms with Crippen LogP contribution >= 0.6 is 27.3 Å². The maximum absolute atomic E-state index is 12.1. The van der Waals surface area contributed by atoms with Crippen LogP contribution in [0.5, 0.6) is 0 Å². The van der Waals surface area contributed by atoms with Gasteiger partial charge in [-0.3, -0.25) is 0 Å². The lowest BCUT2D eigenvalue weighted by molar-refractivity contribution is 0.515. The Labute approximate surface area is 173 Å². The Hall–Kier alpha value is -2.70. The van der Waals surface area contributed by atoms with Gasteiger partial charge in [0.05, 0.1) is 11.4 Å². The first kappa shape index (κ1) is 20.0. The summed E-state index contributed by atoms with van der Waals surface area (Å²) in [6, 6.07) is 9.72. The summed E-state index contributed by atoms with van der Waals surface area (Å²) in [5.41, 5.74) is 11.2. The Bertz CT molecular complexity index is 1120. The van der Waals surface area contributed by atoms with Crippen molar-refractivity contribution in [1.82, 2.24) is 10.3 Å². The van der Waals surface area contributed by atoms with Crippen molar-refractivity contribution in [2.45, 2.75) is 11.4 Å². The molecule has 0 unspecified atom stereocenters. The summed E-state index contributed by atoms with van der Waals surface area (Å²) < 4.78 is 34.3. The van der Waals surface area contributed by atoms with E-state index in [9.17, 15) is 8.42 Å². The van der Waals surface area contributed by atoms with Crippen LogP contribution in [0.2, 0.25) is 0 Å². The molecule has 3 rings (SSSR count). The zero-order valence-electron chi connectivity index (χ0n) is 14.2. The molecule has 5 N–H and O–H groups in total. The number of rotatable bonds is 7. The fourth-order valence-electron chi connectivity index (χ4n) is 2.07. The van der Waals surface area contributed by atoms with E-state index in [1.807, 2.05) is 0 Å². The normalized spacial score (nSPS) is 11.6. The number of furan rings is 1. The second-order valence-electron chi connectivity index (χ2n) is 5.36. The van der Waals surface area contributed by atoms with Crippen molar-refractivity contribution in [3.8, 4) is 11.5 Å². The molecule has 0 saturated carbocycles. The van der Waals surface area contributed by atoms with Gasteiger partial charge in [0.1, 0.15) is 17.8 Å². The van der Waals surface area contributed by atoms with Gasteiger partial charge in [0.25, 0.3) is 10.0 Å². The van der Waals surface area contributed by atoms with Crippen molar-refractivity contribution in [3.63, 3.8) is 0 Å². The third kappa shape index (κ3) is 5.18. The fourth-order valence-corrected chi connectivity index (χ4v) is 3.84. The maximum Gasteiger partial charge on any atom is 0.283 e. The Morgan fingerprint density at radius 3 is 2.71 bits per heavy atom. The lowest BCUT2D eigenvalue weighted by Gasteiger charge is -2.00. The van der Waals surface area contributed by atoms with Gasteiger partial charge in [-0.15, -0.1) is 15.7 Å². The first-order valence-corrected chi connectivity index (χ1v) is 10.9. The molecule has 1 aromatic carbocycles. The second-order valence-corrected chi connectivity index (χ2v) is 8.75. The van der Waals surface area contributed by atoms with Crippen LogP contribution in [0.15, 0.2) is 65.0 Å². The van der Waals surface area contributed by atoms with E-state index < -0.39 is 10.0 Å². The van der Waals surface area contributed by atoms with Crippen LogP contribution in [0.4, 0.5) is 5.13 Å². The number of aliphatic imine (C=N–C) groups is 1. The number of hydrogen-bond acceptors (Lipinski definition) is 6. The van der Waals surface area contributed by atoms with Crippen molar-refractivity contribution in [2.24, 2.45) is 20.9 Å². The molecule has 0 amide bonds. The monoisotopic (exact) mass is 482 g/mol. The van der Waals surface area contributed by atoms with Gasteiger partial charge in [-0.25, -0.2) is 4.98 Å². The minimum Gasteiger partial charge on any atom is -0.458 e. The molecule has 2 heterocycles. The minimum atomic E-state index is -3.76. The average Bonchev–Trinajstić information content (AvgIpc) is 3.28. The Morgan fingerprint density at radius 2 is 2.00 bits per heavy atom. The molecule has 9 nitrogen and oxygen atoms in total. The molecule has 0 aliphatic carbocycles. The summed E-state index contributed by atoms with van der Waals surface area (Å²) in [6.45, 7) is 0.254. The van der Waals surface area contributed by atoms with E-state index in [0.29, 0.717) is 22.3 Å². The number of guanidine groups is 1. The van der Waals surface area contributed by atoms with Crippen LogP contribution < -0.4 is 16.8 Å². The molecular weight excluding hydrogens is 468 g/mol. The molecule has 0 radical (unpaired) electrons. The molecule has 0 fully saturated rings. The SMILES string of the molecule is NC(N)=Nc1nc(-c2ccc(CN/C=N/S(=O)(=O)c3ccc(Br)cc3)o2)cs1. The van der Waals surface area contributed by atoms with Crippen LogP contribution in [-0.2, 0) is 16.6 Å². The van der Waals surface area contributed by atoms with E-state index in [0.717, 1.165) is 10.8 Å². The molecule has 0 bridgehead atoms. The van der Waals surface area contributed by atoms with Crippen LogP contribution in [-0.4, -0.2) is 25.7 Å². The predicted octanol–water partition coefficient (Wildman–Crippen LogP) is 2.58. The van der Waals surface area contributed by atoms with Crippen molar-refractivity contribution in [3.05, 3.63) is 52.0 Å². The van der Waals surface area contributed by atoms with Crippen LogP contribution in [0.1, 0.15) is 5.76 Å². The van der Waals surface area contributed by atoms with E-state index in [-0.39, 0.29) is 17.4 Å². The fraction of sp³-hybridized carbons (Fsp3) is 0.0625. The summed E-state index contributed by atoms with van der Waals surface area (Å²) in [4.78, 5) is 8.23. The highest BCUT2D eigenvalue weighted by Gasteiger charge is 2.11. The third-order valence-electron chi connectivity index (χ3n) is 3.30. The van der Waals surface area contributed by atoms with Crippen molar-refractivity contribution < 1.29 is 12.8 Å². The quantitative estimate of drug-likeness (QED) is 0.345. The largest absolute Gasteiger partial charge is 0.458 e. The molecule has 0 atom stereocenters. The number of nitrogens with zero attached hydrogens (tertiary/aromatic N) is 3. The number of nitrogens with two attached hydrogens (primary N) is 2. The molecular formula is C16H15BrN6O3S2. The van der Waals surface area contributed by atoms with E-state index in [4.69, 9.17) is 15.9 Å². The summed E-state index contributed by atoms with van der Waals surface area (Å²) in [6.07, 6.45) is 1.12. The molecule has 28 heavy (non-hydrogen) atoms. The lowest BCUT2D eigenvalue weighted by atomic mass is 10.3. The number of sulfonamides is 1. The first-order valence-electron chi connectivity index (χ1n) is 7.75. The van der Waals surface area contributed by atoms with Gasteiger partial charge < -0.3 is 21.2 Å². The summed E-state index contributed by atoms with van der Waals surface area (Å²) in [5, 5.41) is 4.98. The summed E-state index contributed by atoms with van der Waals surface area (Å²) >= 11 is 4.54. The number of thiazole rings is 1. The van der Waals surface area contributed by atoms with Gasteiger partial charge in [-0.05, 0) is 36.4 Å². The minimum absolute atomic E-state index is 0.0670. The Kier molecular flexibility index (Phi) is 6.11. The van der Waals surface area contributed by atoms with Crippen molar-refractivity contribution in [2.75, 3.05) is 0 Å². The smallest absolute Gasteiger partial charge is 0.283 e. The van der Waals surface area contributed by atoms with Gasteiger partial charge in [-0.1, -0.05) is 15.9 Å². The molecule has 2 aromatic heterocycles. The standard InChI is InChI=1S/C16H15BrN6O3S2/c17-10-1-4-12(5-2-10)28(24,25)21-9-20-7-11-3-6-14(26-11)13-8-27-16(22-13)23-15(18)19/h1-6,8-9H,7H2,(H,20,21)(H4,18,19,22,23). The highest BCUT2D eigenvalue weighted by atomic mass is 79.9. The number of halogens is 1. The third-order valence-corrected chi connectivity index (χ3v) is 5.82. The summed E-state index contributed by atoms with van der Waals surface area (Å²) in [5.74, 6) is 1.06. The summed E-state index contributed by atoms with van der Waals surface area (Å²) in [7, 11) is -3.76. The molecule has 146 valence electrons. The molecule has 0 aliphatic heterocycles. The van der Waals surface area contributed by atoms with Gasteiger partial charge in [0.2, 0.25) is 5.13 Å². The van der Waals surface area contributed by atoms with E-state index in [1.54, 1.807) is 29.6 Å². The van der Waals surface area contributed by atoms with Gasteiger partial charge in [0.15, 0.2) is 11.7 Å². The van der Waals surface area contributed by atoms with Crippen molar-refractivity contribution >= 4 is 54.7 Å². The van der Waals surface area contributed by atoms with Gasteiger partial charge >= 0.3 is 0 Å². The lowest BCUT2D eigenvalue weighted by Crippen LogP contribution is -2.21. The maximum atomic E-state index is 12.1. The van der Waals surface area contributed by atoms with E-state index >= 15 is 0 Å². The van der Waals surface area contributed by atoms with E-state index in [2.05, 4.69) is 35.6 Å². The Balaban J connectivity index is 1.60. The van der Waals surface area contributed by atoms with Crippen LogP contribution in [0.3, 0.4) is 0 Å². The highest BCUT2D eigenvalue weighted by Crippen LogP contribution is 2.28. The number of benzene rings is 1. The van der Waals surface area contributed by atoms with Gasteiger partial charge in [-0.2, -0.15) is 13.4 Å². The Morgan fingerprint density at radius 1 is 1.25 bits per heavy atom. The first-order chi connectivity index (χ1) is 13.3. The molecule has 12 heteroatoms. The number of hydrogen-bond donors (Lipinski definition) is 3. The predicted molar refractivity (Wildman–Crippen MR) is 112 cm³/mol. The van der Waals surface area contributed by atoms with Gasteiger partial charge in [0, 0.05) is 9.85 Å². The van der Waals surface area contributed by atoms with E-state index in [1.165, 1.54) is 23.5 Å². The molecule has 3 aromatic rings. The molecule has 0 spiro atoms. The number of aromatic nitrogens is 1. The zero-order chi connectivity index (χ0) is 20.1. The van der Waals surface area contributed by atoms with Crippen LogP contribution in [0.25, 0.3) is 11.5 Å². The highest BCUT2D eigenvalue weighted by molar-refractivity contribution is 9.10. The second kappa shape index (κ2) is 8.54. The average molecular weight is 483 g/mol. The van der Waals surface area contributed by atoms with Crippen molar-refractivity contribution in [1.29, 1.82) is 0 Å². The number of nitrogens with one attached hydrogen (secondary N) is 1. The molecule has 0 aliphatic rings. The molecule has 0 saturated heterocycles. The topological polar surface area (TPSA) is 149 Å². The zero-order valence-corrected chi connectivity index (χ0v) is 17.5. The van der Waals surface area contributed by atoms with Crippen LogP contribution in [0, 0.1) is 0 Å².